The lowest BCUT2D eigenvalue weighted by Gasteiger charge is -2.31. The summed E-state index contributed by atoms with van der Waals surface area (Å²) in [6.45, 7) is 1.74. The van der Waals surface area contributed by atoms with Crippen LogP contribution in [-0.4, -0.2) is 60.4 Å². The van der Waals surface area contributed by atoms with Crippen molar-refractivity contribution in [3.63, 3.8) is 0 Å². The second-order valence-electron chi connectivity index (χ2n) is 4.77. The van der Waals surface area contributed by atoms with Crippen molar-refractivity contribution in [2.24, 2.45) is 0 Å². The Bertz CT molecular complexity index is 445. The predicted molar refractivity (Wildman–Crippen MR) is 75.7 cm³/mol. The van der Waals surface area contributed by atoms with Crippen molar-refractivity contribution in [1.82, 2.24) is 9.88 Å². The summed E-state index contributed by atoms with van der Waals surface area (Å²) < 4.78 is 5.49. The van der Waals surface area contributed by atoms with E-state index >= 15 is 0 Å². The Morgan fingerprint density at radius 3 is 2.95 bits per heavy atom. The molecule has 20 heavy (non-hydrogen) atoms. The highest BCUT2D eigenvalue weighted by Crippen LogP contribution is 2.16. The molecular formula is C14H21N3O3. The molecule has 0 aromatic carbocycles. The van der Waals surface area contributed by atoms with Crippen molar-refractivity contribution < 1.29 is 14.6 Å². The minimum Gasteiger partial charge on any atom is -0.394 e. The summed E-state index contributed by atoms with van der Waals surface area (Å²) >= 11 is 0. The van der Waals surface area contributed by atoms with Gasteiger partial charge in [0.05, 0.1) is 19.3 Å². The smallest absolute Gasteiger partial charge is 0.272 e. The number of rotatable bonds is 5. The third kappa shape index (κ3) is 3.68. The van der Waals surface area contributed by atoms with Gasteiger partial charge in [-0.25, -0.2) is 0 Å². The molecule has 0 bridgehead atoms. The summed E-state index contributed by atoms with van der Waals surface area (Å²) in [5.74, 6) is -0.0392. The Morgan fingerprint density at radius 1 is 1.55 bits per heavy atom. The van der Waals surface area contributed by atoms with E-state index in [-0.39, 0.29) is 18.6 Å². The number of hydrogen-bond donors (Lipinski definition) is 2. The number of carbonyl (C=O) groups is 1. The first-order valence-electron chi connectivity index (χ1n) is 6.90. The maximum absolute atomic E-state index is 12.3. The van der Waals surface area contributed by atoms with Crippen LogP contribution in [0.3, 0.4) is 0 Å². The maximum atomic E-state index is 12.3. The van der Waals surface area contributed by atoms with Crippen LogP contribution in [-0.2, 0) is 4.74 Å². The molecule has 0 aliphatic carbocycles. The van der Waals surface area contributed by atoms with Crippen LogP contribution in [0.4, 0.5) is 5.69 Å². The lowest BCUT2D eigenvalue weighted by Crippen LogP contribution is -2.41. The van der Waals surface area contributed by atoms with Crippen LogP contribution >= 0.6 is 0 Å². The number of aliphatic hydroxyl groups is 1. The normalized spacial score (nSPS) is 16.2. The molecule has 0 unspecified atom stereocenters. The van der Waals surface area contributed by atoms with Crippen molar-refractivity contribution in [3.8, 4) is 0 Å². The zero-order valence-electron chi connectivity index (χ0n) is 11.7. The molecule has 1 aromatic heterocycles. The van der Waals surface area contributed by atoms with E-state index in [1.165, 1.54) is 0 Å². The number of nitrogens with one attached hydrogen (secondary N) is 1. The highest BCUT2D eigenvalue weighted by atomic mass is 16.5. The zero-order chi connectivity index (χ0) is 14.4. The minimum atomic E-state index is -0.0392. The number of pyridine rings is 1. The number of aromatic nitrogens is 1. The van der Waals surface area contributed by atoms with Crippen molar-refractivity contribution in [1.29, 1.82) is 0 Å². The van der Waals surface area contributed by atoms with Gasteiger partial charge in [-0.1, -0.05) is 0 Å². The molecular weight excluding hydrogens is 258 g/mol. The Hall–Kier alpha value is -1.66. The third-order valence-corrected chi connectivity index (χ3v) is 3.44. The summed E-state index contributed by atoms with van der Waals surface area (Å²) in [6.07, 6.45) is 3.38. The number of anilines is 1. The van der Waals surface area contributed by atoms with Crippen LogP contribution in [0.15, 0.2) is 18.3 Å². The van der Waals surface area contributed by atoms with Gasteiger partial charge in [0.2, 0.25) is 0 Å². The molecule has 1 aliphatic rings. The number of aliphatic hydroxyl groups excluding tert-OH is 1. The van der Waals surface area contributed by atoms with Gasteiger partial charge in [0, 0.05) is 32.0 Å². The Kier molecular flexibility index (Phi) is 5.31. The molecule has 2 rings (SSSR count). The molecule has 1 aromatic rings. The average molecular weight is 279 g/mol. The molecule has 2 heterocycles. The van der Waals surface area contributed by atoms with Gasteiger partial charge in [0.15, 0.2) is 0 Å². The van der Waals surface area contributed by atoms with Gasteiger partial charge in [-0.2, -0.15) is 0 Å². The van der Waals surface area contributed by atoms with E-state index in [1.807, 2.05) is 13.1 Å². The second kappa shape index (κ2) is 7.21. The predicted octanol–water partition coefficient (Wildman–Crippen LogP) is 0.737. The molecule has 1 aliphatic heterocycles. The quantitative estimate of drug-likeness (QED) is 0.831. The van der Waals surface area contributed by atoms with Crippen molar-refractivity contribution >= 4 is 11.6 Å². The molecule has 0 saturated carbocycles. The second-order valence-corrected chi connectivity index (χ2v) is 4.77. The van der Waals surface area contributed by atoms with E-state index in [1.54, 1.807) is 17.2 Å². The fraction of sp³-hybridized carbons (Fsp3) is 0.571. The van der Waals surface area contributed by atoms with E-state index in [0.29, 0.717) is 25.4 Å². The van der Waals surface area contributed by atoms with Crippen LogP contribution in [0.1, 0.15) is 23.3 Å². The number of ether oxygens (including phenoxy) is 1. The van der Waals surface area contributed by atoms with E-state index in [4.69, 9.17) is 9.84 Å². The van der Waals surface area contributed by atoms with Crippen LogP contribution in [0.5, 0.6) is 0 Å². The molecule has 0 spiro atoms. The van der Waals surface area contributed by atoms with Crippen LogP contribution in [0.2, 0.25) is 0 Å². The fourth-order valence-corrected chi connectivity index (χ4v) is 2.31. The number of nitrogens with zero attached hydrogens (tertiary/aromatic N) is 2. The zero-order valence-corrected chi connectivity index (χ0v) is 11.7. The van der Waals surface area contributed by atoms with Gasteiger partial charge >= 0.3 is 0 Å². The summed E-state index contributed by atoms with van der Waals surface area (Å²) in [5, 5.41) is 11.7. The lowest BCUT2D eigenvalue weighted by molar-refractivity contribution is -0.00564. The van der Waals surface area contributed by atoms with Crippen LogP contribution in [0.25, 0.3) is 0 Å². The largest absolute Gasteiger partial charge is 0.394 e. The highest BCUT2D eigenvalue weighted by molar-refractivity contribution is 5.93. The van der Waals surface area contributed by atoms with E-state index in [9.17, 15) is 4.79 Å². The van der Waals surface area contributed by atoms with Crippen molar-refractivity contribution in [2.75, 3.05) is 38.7 Å². The SMILES string of the molecule is CNc1ccnc(C(=O)N2CCC(OCCO)CC2)c1. The monoisotopic (exact) mass is 279 g/mol. The molecule has 6 nitrogen and oxygen atoms in total. The van der Waals surface area contributed by atoms with Gasteiger partial charge < -0.3 is 20.1 Å². The molecule has 2 N–H and O–H groups in total. The molecule has 1 fully saturated rings. The molecule has 110 valence electrons. The Morgan fingerprint density at radius 2 is 2.30 bits per heavy atom. The number of likely N-dealkylation sites (tertiary alicyclic amines) is 1. The van der Waals surface area contributed by atoms with Crippen molar-refractivity contribution in [3.05, 3.63) is 24.0 Å². The van der Waals surface area contributed by atoms with Crippen molar-refractivity contribution in [2.45, 2.75) is 18.9 Å². The first-order valence-corrected chi connectivity index (χ1v) is 6.90. The summed E-state index contributed by atoms with van der Waals surface area (Å²) in [5.41, 5.74) is 1.34. The van der Waals surface area contributed by atoms with Crippen LogP contribution in [0, 0.1) is 0 Å². The minimum absolute atomic E-state index is 0.0392. The standard InChI is InChI=1S/C14H21N3O3/c1-15-11-2-5-16-13(10-11)14(19)17-6-3-12(4-7-17)20-9-8-18/h2,5,10,12,18H,3-4,6-9H2,1H3,(H,15,16). The first kappa shape index (κ1) is 14.7. The third-order valence-electron chi connectivity index (χ3n) is 3.44. The molecule has 1 amide bonds. The van der Waals surface area contributed by atoms with Crippen LogP contribution < -0.4 is 5.32 Å². The van der Waals surface area contributed by atoms with Gasteiger partial charge in [0.1, 0.15) is 5.69 Å². The maximum Gasteiger partial charge on any atom is 0.272 e. The number of hydrogen-bond acceptors (Lipinski definition) is 5. The number of piperidine rings is 1. The van der Waals surface area contributed by atoms with Gasteiger partial charge in [-0.15, -0.1) is 0 Å². The van der Waals surface area contributed by atoms with E-state index in [2.05, 4.69) is 10.3 Å². The van der Waals surface area contributed by atoms with Gasteiger partial charge in [-0.05, 0) is 25.0 Å². The Balaban J connectivity index is 1.91. The number of amides is 1. The molecule has 0 atom stereocenters. The summed E-state index contributed by atoms with van der Waals surface area (Å²) in [7, 11) is 1.81. The van der Waals surface area contributed by atoms with Gasteiger partial charge in [-0.3, -0.25) is 9.78 Å². The summed E-state index contributed by atoms with van der Waals surface area (Å²) in [4.78, 5) is 18.3. The lowest BCUT2D eigenvalue weighted by atomic mass is 10.1. The Labute approximate surface area is 118 Å². The average Bonchev–Trinajstić information content (AvgIpc) is 2.52. The number of carbonyl (C=O) groups excluding carboxylic acids is 1. The molecule has 0 radical (unpaired) electrons. The fourth-order valence-electron chi connectivity index (χ4n) is 2.31. The first-order chi connectivity index (χ1) is 9.74. The topological polar surface area (TPSA) is 74.7 Å². The highest BCUT2D eigenvalue weighted by Gasteiger charge is 2.24. The summed E-state index contributed by atoms with van der Waals surface area (Å²) in [6, 6.07) is 3.59. The molecule has 1 saturated heterocycles. The van der Waals surface area contributed by atoms with E-state index < -0.39 is 0 Å². The van der Waals surface area contributed by atoms with E-state index in [0.717, 1.165) is 18.5 Å². The van der Waals surface area contributed by atoms with Gasteiger partial charge in [0.25, 0.3) is 5.91 Å². The molecule has 6 heteroatoms.